The van der Waals surface area contributed by atoms with Crippen LogP contribution >= 0.6 is 0 Å². The summed E-state index contributed by atoms with van der Waals surface area (Å²) >= 11 is 0. The van der Waals surface area contributed by atoms with Crippen molar-refractivity contribution in [3.05, 3.63) is 83.6 Å². The first-order valence-electron chi connectivity index (χ1n) is 8.16. The van der Waals surface area contributed by atoms with E-state index in [4.69, 9.17) is 10.00 Å². The molecular weight excluding hydrogens is 330 g/mol. The van der Waals surface area contributed by atoms with Gasteiger partial charge in [-0.05, 0) is 36.8 Å². The van der Waals surface area contributed by atoms with Gasteiger partial charge in [0.1, 0.15) is 6.07 Å². The molecule has 0 bridgehead atoms. The molecule has 2 amide bonds. The van der Waals surface area contributed by atoms with E-state index >= 15 is 0 Å². The van der Waals surface area contributed by atoms with Crippen molar-refractivity contribution in [3.8, 4) is 6.07 Å². The van der Waals surface area contributed by atoms with Crippen LogP contribution in [0, 0.1) is 11.3 Å². The van der Waals surface area contributed by atoms with Crippen molar-refractivity contribution >= 4 is 11.8 Å². The minimum Gasteiger partial charge on any atom is -0.458 e. The first kappa shape index (κ1) is 17.2. The fraction of sp³-hybridized carbons (Fsp3) is 0.150. The minimum absolute atomic E-state index is 0.119. The second kappa shape index (κ2) is 7.99. The molecular formula is C20H17N3O3. The summed E-state index contributed by atoms with van der Waals surface area (Å²) in [4.78, 5) is 24.8. The van der Waals surface area contributed by atoms with Crippen LogP contribution in [0.3, 0.4) is 0 Å². The van der Waals surface area contributed by atoms with Gasteiger partial charge in [0.25, 0.3) is 11.8 Å². The predicted molar refractivity (Wildman–Crippen MR) is 94.8 cm³/mol. The Labute approximate surface area is 151 Å². The van der Waals surface area contributed by atoms with E-state index < -0.39 is 12.3 Å². The van der Waals surface area contributed by atoms with E-state index in [0.29, 0.717) is 17.5 Å². The number of carbonyl (C=O) groups excluding carboxylic acids is 2. The molecule has 2 N–H and O–H groups in total. The highest BCUT2D eigenvalue weighted by atomic mass is 16.5. The van der Waals surface area contributed by atoms with Crippen molar-refractivity contribution in [2.45, 2.75) is 18.7 Å². The second-order valence-corrected chi connectivity index (χ2v) is 5.74. The minimum atomic E-state index is -0.838. The van der Waals surface area contributed by atoms with Gasteiger partial charge in [-0.2, -0.15) is 5.26 Å². The Kier molecular flexibility index (Phi) is 5.30. The van der Waals surface area contributed by atoms with Gasteiger partial charge in [-0.1, -0.05) is 36.4 Å². The molecule has 2 aromatic rings. The number of rotatable bonds is 4. The van der Waals surface area contributed by atoms with Crippen LogP contribution in [0.15, 0.2) is 72.5 Å². The van der Waals surface area contributed by atoms with Crippen LogP contribution in [0.2, 0.25) is 0 Å². The molecule has 1 aliphatic rings. The molecule has 2 atom stereocenters. The highest BCUT2D eigenvalue weighted by molar-refractivity contribution is 5.95. The molecule has 1 aliphatic heterocycles. The number of hydrogen-bond acceptors (Lipinski definition) is 4. The van der Waals surface area contributed by atoms with Crippen LogP contribution in [0.25, 0.3) is 0 Å². The lowest BCUT2D eigenvalue weighted by molar-refractivity contribution is 0.0393. The maximum Gasteiger partial charge on any atom is 0.254 e. The van der Waals surface area contributed by atoms with Gasteiger partial charge >= 0.3 is 0 Å². The fourth-order valence-electron chi connectivity index (χ4n) is 2.60. The zero-order valence-electron chi connectivity index (χ0n) is 13.9. The normalized spacial score (nSPS) is 18.7. The molecule has 0 aliphatic carbocycles. The number of benzene rings is 2. The van der Waals surface area contributed by atoms with Crippen LogP contribution in [0.5, 0.6) is 0 Å². The van der Waals surface area contributed by atoms with Crippen LogP contribution in [0.4, 0.5) is 0 Å². The van der Waals surface area contributed by atoms with E-state index in [0.717, 1.165) is 0 Å². The summed E-state index contributed by atoms with van der Waals surface area (Å²) in [6.07, 6.45) is 1.14. The smallest absolute Gasteiger partial charge is 0.254 e. The van der Waals surface area contributed by atoms with Gasteiger partial charge in [-0.25, -0.2) is 0 Å². The van der Waals surface area contributed by atoms with E-state index in [-0.39, 0.29) is 17.6 Å². The van der Waals surface area contributed by atoms with Gasteiger partial charge in [0, 0.05) is 11.1 Å². The molecule has 0 saturated carbocycles. The largest absolute Gasteiger partial charge is 0.458 e. The summed E-state index contributed by atoms with van der Waals surface area (Å²) in [5, 5.41) is 14.7. The molecule has 0 aromatic heterocycles. The zero-order chi connectivity index (χ0) is 18.4. The average Bonchev–Trinajstić information content (AvgIpc) is 2.70. The number of ether oxygens (including phenoxy) is 1. The molecule has 0 fully saturated rings. The summed E-state index contributed by atoms with van der Waals surface area (Å²) < 4.78 is 5.53. The standard InChI is InChI=1S/C20H17N3O3/c21-13-16-11-12-17(22-18(24)14-7-3-1-4-8-14)20(26-16)23-19(25)15-9-5-2-6-10-15/h1-11,17,20H,12H2,(H,22,24)(H,23,25)/t17-,20-/m1/s1. The Morgan fingerprint density at radius 2 is 1.46 bits per heavy atom. The quantitative estimate of drug-likeness (QED) is 0.888. The molecule has 6 heteroatoms. The summed E-state index contributed by atoms with van der Waals surface area (Å²) in [7, 11) is 0. The van der Waals surface area contributed by atoms with Gasteiger partial charge in [0.15, 0.2) is 12.0 Å². The first-order chi connectivity index (χ1) is 12.7. The summed E-state index contributed by atoms with van der Waals surface area (Å²) in [6, 6.07) is 18.9. The lowest BCUT2D eigenvalue weighted by Crippen LogP contribution is -2.54. The Morgan fingerprint density at radius 3 is 2.00 bits per heavy atom. The molecule has 0 spiro atoms. The van der Waals surface area contributed by atoms with Gasteiger partial charge in [0.05, 0.1) is 6.04 Å². The third-order valence-corrected chi connectivity index (χ3v) is 3.95. The van der Waals surface area contributed by atoms with E-state index in [1.54, 1.807) is 54.6 Å². The number of hydrogen-bond donors (Lipinski definition) is 2. The number of nitriles is 1. The second-order valence-electron chi connectivity index (χ2n) is 5.74. The van der Waals surface area contributed by atoms with Crippen molar-refractivity contribution in [1.29, 1.82) is 5.26 Å². The van der Waals surface area contributed by atoms with E-state index in [1.807, 2.05) is 18.2 Å². The van der Waals surface area contributed by atoms with Crippen LogP contribution in [0.1, 0.15) is 27.1 Å². The third-order valence-electron chi connectivity index (χ3n) is 3.95. The Balaban J connectivity index is 1.74. The Hall–Kier alpha value is -3.59. The van der Waals surface area contributed by atoms with E-state index in [1.165, 1.54) is 0 Å². The van der Waals surface area contributed by atoms with Crippen molar-refractivity contribution in [2.24, 2.45) is 0 Å². The van der Waals surface area contributed by atoms with E-state index in [2.05, 4.69) is 10.6 Å². The lowest BCUT2D eigenvalue weighted by atomic mass is 10.1. The van der Waals surface area contributed by atoms with Crippen LogP contribution < -0.4 is 10.6 Å². The van der Waals surface area contributed by atoms with Crippen molar-refractivity contribution in [3.63, 3.8) is 0 Å². The van der Waals surface area contributed by atoms with Gasteiger partial charge in [-0.3, -0.25) is 9.59 Å². The van der Waals surface area contributed by atoms with Crippen LogP contribution in [-0.4, -0.2) is 24.1 Å². The molecule has 2 aromatic carbocycles. The number of carbonyl (C=O) groups is 2. The Morgan fingerprint density at radius 1 is 0.923 bits per heavy atom. The molecule has 0 unspecified atom stereocenters. The molecule has 130 valence electrons. The Bertz CT molecular complexity index is 857. The van der Waals surface area contributed by atoms with Gasteiger partial charge < -0.3 is 15.4 Å². The molecule has 0 radical (unpaired) electrons. The highest BCUT2D eigenvalue weighted by Gasteiger charge is 2.30. The maximum atomic E-state index is 12.4. The summed E-state index contributed by atoms with van der Waals surface area (Å²) in [5.74, 6) is -0.491. The van der Waals surface area contributed by atoms with Crippen molar-refractivity contribution in [1.82, 2.24) is 10.6 Å². The summed E-state index contributed by atoms with van der Waals surface area (Å²) in [6.45, 7) is 0. The third kappa shape index (κ3) is 4.08. The van der Waals surface area contributed by atoms with Crippen molar-refractivity contribution < 1.29 is 14.3 Å². The molecule has 0 saturated heterocycles. The maximum absolute atomic E-state index is 12.4. The van der Waals surface area contributed by atoms with Gasteiger partial charge in [-0.15, -0.1) is 0 Å². The fourth-order valence-corrected chi connectivity index (χ4v) is 2.60. The van der Waals surface area contributed by atoms with Crippen molar-refractivity contribution in [2.75, 3.05) is 0 Å². The number of nitrogens with zero attached hydrogens (tertiary/aromatic N) is 1. The van der Waals surface area contributed by atoms with Gasteiger partial charge in [0.2, 0.25) is 0 Å². The topological polar surface area (TPSA) is 91.2 Å². The molecule has 3 rings (SSSR count). The monoisotopic (exact) mass is 347 g/mol. The SMILES string of the molecule is N#CC1=CC[C@@H](NC(=O)c2ccccc2)[C@H](NC(=O)c2ccccc2)O1. The first-order valence-corrected chi connectivity index (χ1v) is 8.16. The predicted octanol–water partition coefficient (Wildman–Crippen LogP) is 2.37. The number of amides is 2. The van der Waals surface area contributed by atoms with Crippen LogP contribution in [-0.2, 0) is 4.74 Å². The summed E-state index contributed by atoms with van der Waals surface area (Å²) in [5.41, 5.74) is 0.980. The average molecular weight is 347 g/mol. The molecule has 1 heterocycles. The molecule has 26 heavy (non-hydrogen) atoms. The van der Waals surface area contributed by atoms with E-state index in [9.17, 15) is 9.59 Å². The number of nitrogens with one attached hydrogen (secondary N) is 2. The zero-order valence-corrected chi connectivity index (χ0v) is 13.9. The lowest BCUT2D eigenvalue weighted by Gasteiger charge is -2.31. The number of allylic oxidation sites excluding steroid dienone is 1. The highest BCUT2D eigenvalue weighted by Crippen LogP contribution is 2.17. The molecule has 6 nitrogen and oxygen atoms in total.